The normalized spacial score (nSPS) is 11.2. The molecule has 0 aromatic heterocycles. The number of guanidine groups is 1. The van der Waals surface area contributed by atoms with E-state index < -0.39 is 6.61 Å². The number of nitrogens with zero attached hydrogens (tertiary/aromatic N) is 2. The Morgan fingerprint density at radius 2 is 1.84 bits per heavy atom. The number of rotatable bonds is 9. The van der Waals surface area contributed by atoms with Crippen molar-refractivity contribution >= 4 is 41.5 Å². The molecule has 0 aliphatic heterocycles. The van der Waals surface area contributed by atoms with Gasteiger partial charge in [-0.25, -0.2) is 0 Å². The summed E-state index contributed by atoms with van der Waals surface area (Å²) in [5.74, 6) is 0.545. The van der Waals surface area contributed by atoms with E-state index in [0.717, 1.165) is 11.1 Å². The van der Waals surface area contributed by atoms with Crippen LogP contribution in [-0.4, -0.2) is 51.1 Å². The maximum Gasteiger partial charge on any atom is 0.387 e. The Morgan fingerprint density at radius 3 is 2.50 bits per heavy atom. The van der Waals surface area contributed by atoms with E-state index in [0.29, 0.717) is 30.3 Å². The van der Waals surface area contributed by atoms with Gasteiger partial charge in [-0.1, -0.05) is 29.8 Å². The van der Waals surface area contributed by atoms with E-state index in [1.54, 1.807) is 24.1 Å². The van der Waals surface area contributed by atoms with Crippen molar-refractivity contribution in [2.75, 3.05) is 33.0 Å². The first-order chi connectivity index (χ1) is 14.8. The predicted molar refractivity (Wildman–Crippen MR) is 134 cm³/mol. The minimum atomic E-state index is -2.88. The van der Waals surface area contributed by atoms with E-state index in [-0.39, 0.29) is 42.2 Å². The van der Waals surface area contributed by atoms with Gasteiger partial charge in [-0.2, -0.15) is 8.78 Å². The second-order valence-electron chi connectivity index (χ2n) is 7.26. The molecule has 2 aromatic rings. The molecule has 10 heteroatoms. The van der Waals surface area contributed by atoms with E-state index in [1.807, 2.05) is 45.3 Å². The van der Waals surface area contributed by atoms with Crippen LogP contribution in [-0.2, 0) is 17.9 Å². The van der Waals surface area contributed by atoms with Crippen molar-refractivity contribution in [2.45, 2.75) is 26.6 Å². The highest BCUT2D eigenvalue weighted by molar-refractivity contribution is 14.0. The van der Waals surface area contributed by atoms with Crippen LogP contribution in [0.1, 0.15) is 16.7 Å². The maximum atomic E-state index is 12.6. The van der Waals surface area contributed by atoms with Crippen molar-refractivity contribution in [1.82, 2.24) is 15.5 Å². The predicted octanol–water partition coefficient (Wildman–Crippen LogP) is 3.58. The molecule has 0 unspecified atom stereocenters. The lowest BCUT2D eigenvalue weighted by Crippen LogP contribution is -2.36. The number of likely N-dealkylation sites (N-methyl/N-ethyl adjacent to an activating group) is 1. The third-order valence-corrected chi connectivity index (χ3v) is 4.23. The molecule has 7 nitrogen and oxygen atoms in total. The molecule has 32 heavy (non-hydrogen) atoms. The summed E-state index contributed by atoms with van der Waals surface area (Å²) in [5, 5.41) is 9.14. The lowest BCUT2D eigenvalue weighted by atomic mass is 10.1. The molecule has 0 heterocycles. The number of carbonyl (C=O) groups is 1. The number of aryl methyl sites for hydroxylation is 1. The largest absolute Gasteiger partial charge is 0.434 e. The Balaban J connectivity index is 0.00000512. The zero-order valence-corrected chi connectivity index (χ0v) is 20.9. The van der Waals surface area contributed by atoms with Gasteiger partial charge in [0.05, 0.1) is 6.54 Å². The van der Waals surface area contributed by atoms with Gasteiger partial charge in [-0.3, -0.25) is 9.79 Å². The number of ether oxygens (including phenoxy) is 1. The van der Waals surface area contributed by atoms with Crippen LogP contribution in [0.2, 0.25) is 0 Å². The van der Waals surface area contributed by atoms with Crippen molar-refractivity contribution in [2.24, 2.45) is 4.99 Å². The van der Waals surface area contributed by atoms with Gasteiger partial charge in [0.25, 0.3) is 0 Å². The Labute approximate surface area is 204 Å². The first kappa shape index (κ1) is 27.6. The maximum absolute atomic E-state index is 12.6. The number of alkyl halides is 2. The van der Waals surface area contributed by atoms with Crippen molar-refractivity contribution in [3.05, 3.63) is 59.2 Å². The van der Waals surface area contributed by atoms with Gasteiger partial charge < -0.3 is 25.6 Å². The highest BCUT2D eigenvalue weighted by atomic mass is 127. The molecule has 1 amide bonds. The average Bonchev–Trinajstić information content (AvgIpc) is 2.69. The zero-order valence-electron chi connectivity index (χ0n) is 18.6. The molecule has 0 aliphatic carbocycles. The third kappa shape index (κ3) is 9.77. The van der Waals surface area contributed by atoms with E-state index in [2.05, 4.69) is 25.7 Å². The van der Waals surface area contributed by atoms with Gasteiger partial charge in [-0.15, -0.1) is 24.0 Å². The molecule has 0 saturated carbocycles. The molecule has 0 bridgehead atoms. The second-order valence-corrected chi connectivity index (χ2v) is 7.26. The van der Waals surface area contributed by atoms with Gasteiger partial charge in [0, 0.05) is 31.4 Å². The minimum Gasteiger partial charge on any atom is -0.434 e. The molecule has 0 atom stereocenters. The first-order valence-electron chi connectivity index (χ1n) is 9.79. The van der Waals surface area contributed by atoms with Gasteiger partial charge in [0.2, 0.25) is 5.91 Å². The Hall–Kier alpha value is -2.47. The molecule has 0 saturated heterocycles. The van der Waals surface area contributed by atoms with E-state index >= 15 is 0 Å². The summed E-state index contributed by atoms with van der Waals surface area (Å²) in [7, 11) is 5.29. The molecule has 0 spiro atoms. The average molecular weight is 561 g/mol. The number of halogens is 3. The quantitative estimate of drug-likeness (QED) is 0.248. The monoisotopic (exact) mass is 561 g/mol. The summed E-state index contributed by atoms with van der Waals surface area (Å²) in [6.07, 6.45) is 0. The Kier molecular flexibility index (Phi) is 11.9. The number of benzene rings is 2. The van der Waals surface area contributed by atoms with Crippen molar-refractivity contribution < 1.29 is 18.3 Å². The summed E-state index contributed by atoms with van der Waals surface area (Å²) in [4.78, 5) is 17.9. The van der Waals surface area contributed by atoms with Gasteiger partial charge in [0.15, 0.2) is 5.96 Å². The molecular weight excluding hydrogens is 531 g/mol. The van der Waals surface area contributed by atoms with Crippen LogP contribution in [0.4, 0.5) is 14.5 Å². The number of amides is 1. The molecule has 0 fully saturated rings. The number of hydrogen-bond acceptors (Lipinski definition) is 4. The van der Waals surface area contributed by atoms with Gasteiger partial charge >= 0.3 is 6.61 Å². The van der Waals surface area contributed by atoms with Crippen LogP contribution < -0.4 is 20.7 Å². The number of carbonyl (C=O) groups excluding carboxylic acids is 1. The molecule has 2 aromatic carbocycles. The summed E-state index contributed by atoms with van der Waals surface area (Å²) >= 11 is 0. The van der Waals surface area contributed by atoms with Crippen LogP contribution in [0.5, 0.6) is 5.75 Å². The number of hydrogen-bond donors (Lipinski definition) is 3. The van der Waals surface area contributed by atoms with Crippen molar-refractivity contribution in [1.29, 1.82) is 0 Å². The topological polar surface area (TPSA) is 78.0 Å². The lowest BCUT2D eigenvalue weighted by Gasteiger charge is -2.15. The lowest BCUT2D eigenvalue weighted by molar-refractivity contribution is -0.116. The highest BCUT2D eigenvalue weighted by Crippen LogP contribution is 2.22. The molecular formula is C22H30F2IN5O2. The summed E-state index contributed by atoms with van der Waals surface area (Å²) < 4.78 is 29.9. The molecule has 0 radical (unpaired) electrons. The number of nitrogens with one attached hydrogen (secondary N) is 3. The molecule has 0 aliphatic rings. The van der Waals surface area contributed by atoms with E-state index in [9.17, 15) is 13.6 Å². The fourth-order valence-electron chi connectivity index (χ4n) is 2.89. The summed E-state index contributed by atoms with van der Waals surface area (Å²) in [6, 6.07) is 12.5. The zero-order chi connectivity index (χ0) is 22.8. The molecule has 2 rings (SSSR count). The Morgan fingerprint density at radius 1 is 1.12 bits per heavy atom. The second kappa shape index (κ2) is 13.8. The fraction of sp³-hybridized carbons (Fsp3) is 0.364. The molecule has 176 valence electrons. The van der Waals surface area contributed by atoms with Gasteiger partial charge in [0.1, 0.15) is 5.75 Å². The number of anilines is 1. The van der Waals surface area contributed by atoms with Crippen LogP contribution in [0.15, 0.2) is 47.5 Å². The van der Waals surface area contributed by atoms with Crippen LogP contribution in [0.3, 0.4) is 0 Å². The summed E-state index contributed by atoms with van der Waals surface area (Å²) in [6.45, 7) is 0.0295. The SMILES string of the molecule is CN=C(NCc1cccc(NC(=O)CN(C)C)c1)NCc1cc(C)ccc1OC(F)F.I. The van der Waals surface area contributed by atoms with Crippen LogP contribution in [0, 0.1) is 6.92 Å². The first-order valence-corrected chi connectivity index (χ1v) is 9.79. The standard InChI is InChI=1S/C22H29F2N5O2.HI/c1-15-8-9-19(31-21(23)24)17(10-15)13-27-22(25-2)26-12-16-6-5-7-18(11-16)28-20(30)14-29(3)4;/h5-11,21H,12-14H2,1-4H3,(H,28,30)(H2,25,26,27);1H. The number of aliphatic imine (C=N–C) groups is 1. The highest BCUT2D eigenvalue weighted by Gasteiger charge is 2.11. The van der Waals surface area contributed by atoms with Gasteiger partial charge in [-0.05, 0) is 44.8 Å². The molecule has 3 N–H and O–H groups in total. The van der Waals surface area contributed by atoms with Crippen molar-refractivity contribution in [3.63, 3.8) is 0 Å². The fourth-order valence-corrected chi connectivity index (χ4v) is 2.89. The van der Waals surface area contributed by atoms with E-state index in [1.165, 1.54) is 6.07 Å². The smallest absolute Gasteiger partial charge is 0.387 e. The van der Waals surface area contributed by atoms with Crippen molar-refractivity contribution in [3.8, 4) is 5.75 Å². The minimum absolute atomic E-state index is 0. The third-order valence-electron chi connectivity index (χ3n) is 4.23. The summed E-state index contributed by atoms with van der Waals surface area (Å²) in [5.41, 5.74) is 3.20. The van der Waals surface area contributed by atoms with Crippen LogP contribution in [0.25, 0.3) is 0 Å². The Bertz CT molecular complexity index is 910. The van der Waals surface area contributed by atoms with E-state index in [4.69, 9.17) is 0 Å². The van der Waals surface area contributed by atoms with Crippen LogP contribution >= 0.6 is 24.0 Å².